The van der Waals surface area contributed by atoms with Crippen LogP contribution in [0.1, 0.15) is 309 Å². The predicted octanol–water partition coefficient (Wildman–Crippen LogP) is 18.6. The summed E-state index contributed by atoms with van der Waals surface area (Å²) in [4.78, 5) is 24.5. The maximum Gasteiger partial charge on any atom is 0.305 e. The van der Waals surface area contributed by atoms with Crippen molar-refractivity contribution in [1.29, 1.82) is 0 Å². The number of carbonyl (C=O) groups excluding carboxylic acids is 2. The first-order chi connectivity index (χ1) is 33.5. The van der Waals surface area contributed by atoms with Gasteiger partial charge in [-0.25, -0.2) is 0 Å². The Hall–Kier alpha value is -2.18. The van der Waals surface area contributed by atoms with Crippen LogP contribution in [-0.4, -0.2) is 47.4 Å². The number of hydrogen-bond acceptors (Lipinski definition) is 5. The fourth-order valence-corrected chi connectivity index (χ4v) is 9.00. The zero-order valence-electron chi connectivity index (χ0n) is 45.3. The number of carbonyl (C=O) groups is 2. The van der Waals surface area contributed by atoms with Crippen LogP contribution in [0.4, 0.5) is 0 Å². The number of hydrogen-bond donors (Lipinski definition) is 3. The van der Waals surface area contributed by atoms with Crippen LogP contribution in [0.3, 0.4) is 0 Å². The number of nitrogens with one attached hydrogen (secondary N) is 1. The zero-order chi connectivity index (χ0) is 49.3. The van der Waals surface area contributed by atoms with Crippen LogP contribution in [-0.2, 0) is 14.3 Å². The van der Waals surface area contributed by atoms with Crippen molar-refractivity contribution in [2.45, 2.75) is 321 Å². The van der Waals surface area contributed by atoms with Crippen molar-refractivity contribution < 1.29 is 24.5 Å². The van der Waals surface area contributed by atoms with Gasteiger partial charge in [0.1, 0.15) is 0 Å². The third-order valence-corrected chi connectivity index (χ3v) is 13.6. The molecule has 0 rings (SSSR count). The Balaban J connectivity index is 3.51. The molecule has 0 aromatic rings. The second-order valence-corrected chi connectivity index (χ2v) is 20.3. The summed E-state index contributed by atoms with van der Waals surface area (Å²) in [5.74, 6) is -0.0808. The molecule has 6 nitrogen and oxygen atoms in total. The Bertz CT molecular complexity index is 1150. The maximum absolute atomic E-state index is 12.5. The molecule has 0 aromatic carbocycles. The van der Waals surface area contributed by atoms with Crippen molar-refractivity contribution in [3.63, 3.8) is 0 Å². The van der Waals surface area contributed by atoms with Gasteiger partial charge in [0.25, 0.3) is 0 Å². The van der Waals surface area contributed by atoms with Crippen LogP contribution in [0.25, 0.3) is 0 Å². The molecule has 3 N–H and O–H groups in total. The molecule has 0 aliphatic carbocycles. The maximum atomic E-state index is 12.5. The highest BCUT2D eigenvalue weighted by Gasteiger charge is 2.20. The highest BCUT2D eigenvalue weighted by atomic mass is 16.5. The van der Waals surface area contributed by atoms with Gasteiger partial charge in [0.15, 0.2) is 0 Å². The molecule has 0 aliphatic heterocycles. The van der Waals surface area contributed by atoms with Gasteiger partial charge in [0, 0.05) is 12.8 Å². The molecule has 398 valence electrons. The lowest BCUT2D eigenvalue weighted by Crippen LogP contribution is -2.45. The van der Waals surface area contributed by atoms with Crippen molar-refractivity contribution in [2.24, 2.45) is 0 Å². The normalized spacial score (nSPS) is 12.9. The molecule has 0 spiro atoms. The van der Waals surface area contributed by atoms with Crippen molar-refractivity contribution in [3.8, 4) is 0 Å². The molecule has 0 radical (unpaired) electrons. The molecule has 0 bridgehead atoms. The van der Waals surface area contributed by atoms with Gasteiger partial charge in [-0.2, -0.15) is 0 Å². The van der Waals surface area contributed by atoms with E-state index in [0.717, 1.165) is 96.3 Å². The lowest BCUT2D eigenvalue weighted by Gasteiger charge is -2.22. The molecule has 0 aromatic heterocycles. The molecule has 1 amide bonds. The minimum absolute atomic E-state index is 0.0309. The number of esters is 1. The van der Waals surface area contributed by atoms with Crippen LogP contribution in [0.15, 0.2) is 48.6 Å². The summed E-state index contributed by atoms with van der Waals surface area (Å²) in [6, 6.07) is -0.556. The molecule has 0 fully saturated rings. The first-order valence-corrected chi connectivity index (χ1v) is 29.9. The molecule has 6 heteroatoms. The highest BCUT2D eigenvalue weighted by Crippen LogP contribution is 2.17. The van der Waals surface area contributed by atoms with Crippen molar-refractivity contribution in [3.05, 3.63) is 48.6 Å². The molecular formula is C62H115NO5. The summed E-state index contributed by atoms with van der Waals surface area (Å²) in [7, 11) is 0. The topological polar surface area (TPSA) is 95.9 Å². The van der Waals surface area contributed by atoms with Gasteiger partial charge in [-0.3, -0.25) is 9.59 Å². The van der Waals surface area contributed by atoms with Gasteiger partial charge in [-0.05, 0) is 89.9 Å². The minimum Gasteiger partial charge on any atom is -0.466 e. The van der Waals surface area contributed by atoms with Crippen LogP contribution >= 0.6 is 0 Å². The van der Waals surface area contributed by atoms with E-state index >= 15 is 0 Å². The second-order valence-electron chi connectivity index (χ2n) is 20.3. The van der Waals surface area contributed by atoms with Crippen LogP contribution in [0, 0.1) is 0 Å². The van der Waals surface area contributed by atoms with E-state index in [9.17, 15) is 19.8 Å². The third kappa shape index (κ3) is 53.2. The van der Waals surface area contributed by atoms with E-state index in [1.165, 1.54) is 180 Å². The lowest BCUT2D eigenvalue weighted by molar-refractivity contribution is -0.143. The Morgan fingerprint density at radius 2 is 0.765 bits per heavy atom. The first-order valence-electron chi connectivity index (χ1n) is 29.9. The zero-order valence-corrected chi connectivity index (χ0v) is 45.3. The number of rotatable bonds is 55. The molecule has 2 unspecified atom stereocenters. The van der Waals surface area contributed by atoms with E-state index in [1.807, 2.05) is 0 Å². The molecule has 2 atom stereocenters. The SMILES string of the molecule is CCC/C=C\C/C=C\CCCCCCCC(=O)OCCCCC/C=C\C/C=C\CCCCCCCCCC(=O)NC(CO)C(O)CCCCCCCCCCCCCCCCCCCCCCC. The van der Waals surface area contributed by atoms with Crippen molar-refractivity contribution in [2.75, 3.05) is 13.2 Å². The molecule has 0 aliphatic rings. The van der Waals surface area contributed by atoms with Crippen LogP contribution in [0.2, 0.25) is 0 Å². The quantitative estimate of drug-likeness (QED) is 0.0321. The van der Waals surface area contributed by atoms with Gasteiger partial charge in [-0.15, -0.1) is 0 Å². The van der Waals surface area contributed by atoms with E-state index in [-0.39, 0.29) is 18.5 Å². The lowest BCUT2D eigenvalue weighted by atomic mass is 10.0. The number of unbranched alkanes of at least 4 members (excludes halogenated alkanes) is 36. The van der Waals surface area contributed by atoms with Crippen LogP contribution < -0.4 is 5.32 Å². The van der Waals surface area contributed by atoms with E-state index in [4.69, 9.17) is 4.74 Å². The standard InChI is InChI=1S/C62H115NO5/c1-3-5-7-9-11-13-15-17-18-19-20-21-22-24-27-31-34-38-42-46-50-54-60(65)59(58-64)63-61(66)55-51-47-43-39-35-32-28-25-23-26-29-33-37-41-45-49-53-57-68-62(67)56-52-48-44-40-36-30-16-14-12-10-8-6-4-2/h8,10,14,16,23,26,33,37,59-60,64-65H,3-7,9,11-13,15,17-22,24-25,27-32,34-36,38-58H2,1-2H3,(H,63,66)/b10-8-,16-14-,26-23-,37-33-. The molecule has 68 heavy (non-hydrogen) atoms. The van der Waals surface area contributed by atoms with Crippen molar-refractivity contribution in [1.82, 2.24) is 5.32 Å². The van der Waals surface area contributed by atoms with Gasteiger partial charge in [0.05, 0.1) is 25.4 Å². The summed E-state index contributed by atoms with van der Waals surface area (Å²) in [6.45, 7) is 4.85. The summed E-state index contributed by atoms with van der Waals surface area (Å²) < 4.78 is 5.44. The van der Waals surface area contributed by atoms with Gasteiger partial charge < -0.3 is 20.3 Å². The third-order valence-electron chi connectivity index (χ3n) is 13.6. The average Bonchev–Trinajstić information content (AvgIpc) is 3.34. The van der Waals surface area contributed by atoms with E-state index in [1.54, 1.807) is 0 Å². The monoisotopic (exact) mass is 954 g/mol. The summed E-state index contributed by atoms with van der Waals surface area (Å²) in [5, 5.41) is 23.3. The Kier molecular flexibility index (Phi) is 55.6. The number of aliphatic hydroxyl groups excluding tert-OH is 2. The molecule has 0 saturated carbocycles. The molecule has 0 heterocycles. The fourth-order valence-electron chi connectivity index (χ4n) is 9.00. The number of aliphatic hydroxyl groups is 2. The fraction of sp³-hybridized carbons (Fsp3) is 0.839. The summed E-state index contributed by atoms with van der Waals surface area (Å²) in [6.07, 6.45) is 72.5. The van der Waals surface area contributed by atoms with E-state index < -0.39 is 12.1 Å². The van der Waals surface area contributed by atoms with Crippen molar-refractivity contribution >= 4 is 11.9 Å². The second kappa shape index (κ2) is 57.4. The molecular weight excluding hydrogens is 839 g/mol. The highest BCUT2D eigenvalue weighted by molar-refractivity contribution is 5.76. The minimum atomic E-state index is -0.677. The smallest absolute Gasteiger partial charge is 0.305 e. The van der Waals surface area contributed by atoms with Crippen LogP contribution in [0.5, 0.6) is 0 Å². The van der Waals surface area contributed by atoms with E-state index in [2.05, 4.69) is 67.8 Å². The van der Waals surface area contributed by atoms with Gasteiger partial charge >= 0.3 is 5.97 Å². The number of ether oxygens (including phenoxy) is 1. The summed E-state index contributed by atoms with van der Waals surface area (Å²) >= 11 is 0. The first kappa shape index (κ1) is 65.8. The largest absolute Gasteiger partial charge is 0.466 e. The average molecular weight is 955 g/mol. The number of allylic oxidation sites excluding steroid dienone is 8. The Morgan fingerprint density at radius 3 is 1.18 bits per heavy atom. The van der Waals surface area contributed by atoms with Gasteiger partial charge in [-0.1, -0.05) is 255 Å². The summed E-state index contributed by atoms with van der Waals surface area (Å²) in [5.41, 5.74) is 0. The van der Waals surface area contributed by atoms with Gasteiger partial charge in [0.2, 0.25) is 5.91 Å². The van der Waals surface area contributed by atoms with E-state index in [0.29, 0.717) is 25.9 Å². The Labute approximate surface area is 423 Å². The Morgan fingerprint density at radius 1 is 0.412 bits per heavy atom. The predicted molar refractivity (Wildman–Crippen MR) is 296 cm³/mol. The molecule has 0 saturated heterocycles. The number of amides is 1.